The van der Waals surface area contributed by atoms with Crippen molar-refractivity contribution < 1.29 is 14.2 Å². The molecule has 0 spiro atoms. The Morgan fingerprint density at radius 3 is 2.56 bits per heavy atom. The van der Waals surface area contributed by atoms with Crippen LogP contribution in [0.25, 0.3) is 5.69 Å². The van der Waals surface area contributed by atoms with E-state index in [1.165, 1.54) is 0 Å². The predicted molar refractivity (Wildman–Crippen MR) is 136 cm³/mol. The molecule has 3 aromatic carbocycles. The highest BCUT2D eigenvalue weighted by Gasteiger charge is 2.36. The van der Waals surface area contributed by atoms with Crippen LogP contribution in [0.1, 0.15) is 28.3 Å². The first-order chi connectivity index (χ1) is 17.5. The minimum absolute atomic E-state index is 0.0430. The van der Waals surface area contributed by atoms with Crippen LogP contribution in [-0.2, 0) is 6.61 Å². The molecule has 1 atom stereocenters. The van der Waals surface area contributed by atoms with Crippen molar-refractivity contribution in [2.75, 3.05) is 7.11 Å². The number of aromatic nitrogens is 2. The van der Waals surface area contributed by atoms with Gasteiger partial charge in [-0.05, 0) is 42.8 Å². The molecule has 0 radical (unpaired) electrons. The fraction of sp³-hybridized carbons (Fsp3) is 0.143. The minimum Gasteiger partial charge on any atom is -0.493 e. The summed E-state index contributed by atoms with van der Waals surface area (Å²) in [7, 11) is 1.58. The number of para-hydroxylation sites is 1. The van der Waals surface area contributed by atoms with Gasteiger partial charge >= 0.3 is 0 Å². The number of rotatable bonds is 6. The molecule has 8 heteroatoms. The summed E-state index contributed by atoms with van der Waals surface area (Å²) in [5.74, 6) is 1.11. The highest BCUT2D eigenvalue weighted by Crippen LogP contribution is 2.46. The smallest absolute Gasteiger partial charge is 0.229 e. The Kier molecular flexibility index (Phi) is 6.28. The second kappa shape index (κ2) is 9.68. The van der Waals surface area contributed by atoms with E-state index in [0.717, 1.165) is 28.1 Å². The molecule has 0 saturated carbocycles. The van der Waals surface area contributed by atoms with Gasteiger partial charge in [-0.3, -0.25) is 0 Å². The van der Waals surface area contributed by atoms with Gasteiger partial charge in [0.05, 0.1) is 30.0 Å². The maximum atomic E-state index is 10.0. The van der Waals surface area contributed by atoms with Gasteiger partial charge in [0, 0.05) is 10.6 Å². The summed E-state index contributed by atoms with van der Waals surface area (Å²) >= 11 is 6.31. The summed E-state index contributed by atoms with van der Waals surface area (Å²) in [5.41, 5.74) is 10.5. The fourth-order valence-electron chi connectivity index (χ4n) is 4.35. The van der Waals surface area contributed by atoms with Gasteiger partial charge in [0.25, 0.3) is 0 Å². The van der Waals surface area contributed by atoms with Crippen molar-refractivity contribution in [1.29, 1.82) is 5.26 Å². The van der Waals surface area contributed by atoms with Crippen molar-refractivity contribution in [2.24, 2.45) is 5.73 Å². The van der Waals surface area contributed by atoms with Crippen molar-refractivity contribution in [3.63, 3.8) is 0 Å². The summed E-state index contributed by atoms with van der Waals surface area (Å²) in [4.78, 5) is 0. The zero-order valence-corrected chi connectivity index (χ0v) is 20.5. The van der Waals surface area contributed by atoms with Gasteiger partial charge in [-0.15, -0.1) is 0 Å². The van der Waals surface area contributed by atoms with Gasteiger partial charge in [0.2, 0.25) is 11.8 Å². The number of ether oxygens (including phenoxy) is 3. The van der Waals surface area contributed by atoms with E-state index in [1.807, 2.05) is 79.7 Å². The van der Waals surface area contributed by atoms with E-state index in [0.29, 0.717) is 28.0 Å². The molecule has 4 aromatic rings. The van der Waals surface area contributed by atoms with Crippen LogP contribution in [0.15, 0.2) is 84.3 Å². The molecule has 1 unspecified atom stereocenters. The second-order valence-corrected chi connectivity index (χ2v) is 8.67. The van der Waals surface area contributed by atoms with Crippen LogP contribution >= 0.6 is 11.6 Å². The molecule has 5 rings (SSSR count). The molecule has 0 saturated heterocycles. The third kappa shape index (κ3) is 4.12. The molecule has 0 aliphatic carbocycles. The van der Waals surface area contributed by atoms with E-state index >= 15 is 0 Å². The van der Waals surface area contributed by atoms with E-state index in [1.54, 1.807) is 11.8 Å². The normalized spacial score (nSPS) is 14.6. The number of methoxy groups -OCH3 is 1. The number of benzene rings is 3. The first-order valence-corrected chi connectivity index (χ1v) is 11.7. The summed E-state index contributed by atoms with van der Waals surface area (Å²) in [6, 6.07) is 24.9. The van der Waals surface area contributed by atoms with Gasteiger partial charge in [0.15, 0.2) is 11.5 Å². The van der Waals surface area contributed by atoms with E-state index in [-0.39, 0.29) is 12.5 Å². The van der Waals surface area contributed by atoms with Gasteiger partial charge in [-0.2, -0.15) is 10.4 Å². The van der Waals surface area contributed by atoms with Gasteiger partial charge in [-0.1, -0.05) is 54.1 Å². The molecule has 2 N–H and O–H groups in total. The monoisotopic (exact) mass is 498 g/mol. The van der Waals surface area contributed by atoms with Crippen molar-refractivity contribution in [3.05, 3.63) is 112 Å². The number of nitrogens with zero attached hydrogens (tertiary/aromatic N) is 3. The van der Waals surface area contributed by atoms with Crippen molar-refractivity contribution in [3.8, 4) is 29.1 Å². The molecular formula is C28H23ClN4O3. The van der Waals surface area contributed by atoms with Crippen molar-refractivity contribution in [2.45, 2.75) is 19.4 Å². The fourth-order valence-corrected chi connectivity index (χ4v) is 4.54. The molecule has 1 aromatic heterocycles. The molecule has 0 fully saturated rings. The van der Waals surface area contributed by atoms with Crippen LogP contribution in [0, 0.1) is 18.3 Å². The van der Waals surface area contributed by atoms with Crippen molar-refractivity contribution in [1.82, 2.24) is 9.78 Å². The number of fused-ring (bicyclic) bond motifs is 1. The number of aryl methyl sites for hydroxylation is 1. The van der Waals surface area contributed by atoms with Crippen LogP contribution in [0.5, 0.6) is 17.4 Å². The maximum Gasteiger partial charge on any atom is 0.229 e. The predicted octanol–water partition coefficient (Wildman–Crippen LogP) is 5.64. The Hall–Kier alpha value is -4.41. The molecule has 0 amide bonds. The number of halogens is 1. The number of nitrogens with two attached hydrogens (primary N) is 1. The van der Waals surface area contributed by atoms with Gasteiger partial charge < -0.3 is 19.9 Å². The standard InChI is InChI=1S/C28H23ClN4O3/c1-17-25-26(21(15-30)27(31)36-28(25)33(32-17)20-9-4-3-5-10-20)18-12-13-23(34-2)24(14-18)35-16-19-8-6-7-11-22(19)29/h3-14,26H,16,31H2,1-2H3. The number of hydrogen-bond donors (Lipinski definition) is 1. The largest absolute Gasteiger partial charge is 0.493 e. The van der Waals surface area contributed by atoms with E-state index < -0.39 is 5.92 Å². The summed E-state index contributed by atoms with van der Waals surface area (Å²) in [5, 5.41) is 15.4. The Bertz CT molecular complexity index is 1510. The average molecular weight is 499 g/mol. The van der Waals surface area contributed by atoms with Gasteiger partial charge in [0.1, 0.15) is 18.2 Å². The maximum absolute atomic E-state index is 10.0. The van der Waals surface area contributed by atoms with Crippen LogP contribution in [-0.4, -0.2) is 16.9 Å². The van der Waals surface area contributed by atoms with E-state index in [2.05, 4.69) is 6.07 Å². The van der Waals surface area contributed by atoms with E-state index in [9.17, 15) is 5.26 Å². The highest BCUT2D eigenvalue weighted by molar-refractivity contribution is 6.31. The Morgan fingerprint density at radius 1 is 1.08 bits per heavy atom. The van der Waals surface area contributed by atoms with Crippen LogP contribution in [0.3, 0.4) is 0 Å². The van der Waals surface area contributed by atoms with Gasteiger partial charge in [-0.25, -0.2) is 4.68 Å². The lowest BCUT2D eigenvalue weighted by Gasteiger charge is -2.25. The van der Waals surface area contributed by atoms with E-state index in [4.69, 9.17) is 36.6 Å². The summed E-state index contributed by atoms with van der Waals surface area (Å²) < 4.78 is 19.3. The molecule has 180 valence electrons. The summed E-state index contributed by atoms with van der Waals surface area (Å²) in [6.07, 6.45) is 0. The number of allylic oxidation sites excluding steroid dienone is 1. The molecule has 2 heterocycles. The summed E-state index contributed by atoms with van der Waals surface area (Å²) in [6.45, 7) is 2.15. The Labute approximate surface area is 213 Å². The zero-order valence-electron chi connectivity index (χ0n) is 19.7. The zero-order chi connectivity index (χ0) is 25.2. The lowest BCUT2D eigenvalue weighted by Crippen LogP contribution is -2.22. The first-order valence-electron chi connectivity index (χ1n) is 11.3. The van der Waals surface area contributed by atoms with Crippen molar-refractivity contribution >= 4 is 11.6 Å². The lowest BCUT2D eigenvalue weighted by molar-refractivity contribution is 0.284. The molecular weight excluding hydrogens is 476 g/mol. The number of nitriles is 1. The number of hydrogen-bond acceptors (Lipinski definition) is 6. The van der Waals surface area contributed by atoms with Crippen LogP contribution in [0.2, 0.25) is 5.02 Å². The Balaban J connectivity index is 1.60. The first kappa shape index (κ1) is 23.3. The third-order valence-electron chi connectivity index (χ3n) is 6.10. The van der Waals surface area contributed by atoms with Crippen LogP contribution < -0.4 is 19.9 Å². The molecule has 7 nitrogen and oxygen atoms in total. The molecule has 1 aliphatic rings. The average Bonchev–Trinajstić information content (AvgIpc) is 3.23. The lowest BCUT2D eigenvalue weighted by atomic mass is 9.84. The quantitative estimate of drug-likeness (QED) is 0.369. The van der Waals surface area contributed by atoms with Crippen LogP contribution in [0.4, 0.5) is 0 Å². The molecule has 0 bridgehead atoms. The SMILES string of the molecule is COc1ccc(C2C(C#N)=C(N)Oc3c2c(C)nn3-c2ccccc2)cc1OCc1ccccc1Cl. The molecule has 36 heavy (non-hydrogen) atoms. The highest BCUT2D eigenvalue weighted by atomic mass is 35.5. The minimum atomic E-state index is -0.496. The molecule has 1 aliphatic heterocycles. The third-order valence-corrected chi connectivity index (χ3v) is 6.46. The Morgan fingerprint density at radius 2 is 1.83 bits per heavy atom. The topological polar surface area (TPSA) is 95.3 Å². The second-order valence-electron chi connectivity index (χ2n) is 8.27.